The Hall–Kier alpha value is -1.25. The summed E-state index contributed by atoms with van der Waals surface area (Å²) in [5.74, 6) is -0.189. The molecule has 0 N–H and O–H groups in total. The number of hydrogen-bond donors (Lipinski definition) is 0. The van der Waals surface area contributed by atoms with E-state index in [1.807, 2.05) is 0 Å². The molecule has 1 fully saturated rings. The third-order valence-electron chi connectivity index (χ3n) is 4.17. The van der Waals surface area contributed by atoms with Gasteiger partial charge >= 0.3 is 14.0 Å². The number of rotatable bonds is 5. The molecule has 0 bridgehead atoms. The van der Waals surface area contributed by atoms with E-state index in [1.165, 1.54) is 12.1 Å². The zero-order valence-corrected chi connectivity index (χ0v) is 13.6. The van der Waals surface area contributed by atoms with Crippen LogP contribution < -0.4 is 4.74 Å². The van der Waals surface area contributed by atoms with Crippen LogP contribution in [0.3, 0.4) is 0 Å². The average Bonchev–Trinajstić information content (AvgIpc) is 2.46. The molecule has 1 aromatic rings. The minimum absolute atomic E-state index is 0.134. The molecular weight excluding hydrogens is 308 g/mol. The Morgan fingerprint density at radius 3 is 2.39 bits per heavy atom. The molecule has 0 aromatic heterocycles. The number of ether oxygens (including phenoxy) is 1. The Morgan fingerprint density at radius 2 is 1.87 bits per heavy atom. The van der Waals surface area contributed by atoms with Crippen LogP contribution in [0.4, 0.5) is 13.2 Å². The van der Waals surface area contributed by atoms with Gasteiger partial charge in [0.25, 0.3) is 0 Å². The summed E-state index contributed by atoms with van der Waals surface area (Å²) in [7, 11) is 2.31. The Bertz CT molecular complexity index is 498. The first-order valence-corrected chi connectivity index (χ1v) is 7.63. The van der Waals surface area contributed by atoms with Crippen LogP contribution in [0.25, 0.3) is 0 Å². The largest absolute Gasteiger partial charge is 0.573 e. The second kappa shape index (κ2) is 7.55. The van der Waals surface area contributed by atoms with Crippen molar-refractivity contribution in [3.05, 3.63) is 29.8 Å². The highest BCUT2D eigenvalue weighted by molar-refractivity contribution is 6.23. The summed E-state index contributed by atoms with van der Waals surface area (Å²) in [6, 6.07) is 6.60. The van der Waals surface area contributed by atoms with Gasteiger partial charge in [-0.3, -0.25) is 4.90 Å². The molecule has 2 rings (SSSR count). The van der Waals surface area contributed by atoms with Crippen LogP contribution in [0.15, 0.2) is 24.3 Å². The first-order chi connectivity index (χ1) is 10.8. The lowest BCUT2D eigenvalue weighted by molar-refractivity contribution is -0.274. The van der Waals surface area contributed by atoms with E-state index in [4.69, 9.17) is 4.65 Å². The maximum Gasteiger partial charge on any atom is 0.573 e. The first-order valence-electron chi connectivity index (χ1n) is 7.63. The van der Waals surface area contributed by atoms with Gasteiger partial charge in [0.2, 0.25) is 0 Å². The SMILES string of the molecule is COBN1CCN([C@@H](C)c2ccc(OC(F)(F)F)cc2)[C@@H](C)C1. The fourth-order valence-electron chi connectivity index (χ4n) is 3.06. The molecular formula is C15H22BF3N2O2. The fraction of sp³-hybridized carbons (Fsp3) is 0.600. The summed E-state index contributed by atoms with van der Waals surface area (Å²) < 4.78 is 45.7. The van der Waals surface area contributed by atoms with Gasteiger partial charge in [-0.2, -0.15) is 0 Å². The van der Waals surface area contributed by atoms with Gasteiger partial charge in [-0.1, -0.05) is 12.1 Å². The third-order valence-corrected chi connectivity index (χ3v) is 4.17. The van der Waals surface area contributed by atoms with E-state index in [2.05, 4.69) is 28.3 Å². The molecule has 8 heteroatoms. The second-order valence-corrected chi connectivity index (χ2v) is 5.87. The summed E-state index contributed by atoms with van der Waals surface area (Å²) in [5, 5.41) is 0. The van der Waals surface area contributed by atoms with Crippen molar-refractivity contribution >= 4 is 7.62 Å². The van der Waals surface area contributed by atoms with Crippen LogP contribution in [0.2, 0.25) is 0 Å². The molecule has 1 aliphatic rings. The number of piperazine rings is 1. The average molecular weight is 330 g/mol. The normalized spacial score (nSPS) is 21.9. The lowest BCUT2D eigenvalue weighted by Crippen LogP contribution is -2.53. The van der Waals surface area contributed by atoms with E-state index < -0.39 is 6.36 Å². The minimum Gasteiger partial charge on any atom is -0.427 e. The standard InChI is InChI=1S/C15H22BF3N2O2/c1-11-10-20(16-22-3)8-9-21(11)12(2)13-4-6-14(7-5-13)23-15(17,18)19/h4-7,11-12,16H,8-10H2,1-3H3/t11-,12-/m0/s1. The summed E-state index contributed by atoms with van der Waals surface area (Å²) in [6.45, 7) is 6.94. The molecule has 0 aliphatic carbocycles. The molecule has 128 valence electrons. The quantitative estimate of drug-likeness (QED) is 0.775. The molecule has 1 aliphatic heterocycles. The summed E-state index contributed by atoms with van der Waals surface area (Å²) in [6.07, 6.45) is -4.65. The molecule has 1 heterocycles. The number of hydrogen-bond acceptors (Lipinski definition) is 4. The molecule has 0 unspecified atom stereocenters. The van der Waals surface area contributed by atoms with Crippen LogP contribution >= 0.6 is 0 Å². The predicted molar refractivity (Wildman–Crippen MR) is 83.4 cm³/mol. The zero-order chi connectivity index (χ0) is 17.0. The lowest BCUT2D eigenvalue weighted by Gasteiger charge is -2.42. The third kappa shape index (κ3) is 5.12. The van der Waals surface area contributed by atoms with E-state index in [-0.39, 0.29) is 11.8 Å². The van der Waals surface area contributed by atoms with E-state index in [0.717, 1.165) is 25.2 Å². The molecule has 4 nitrogen and oxygen atoms in total. The van der Waals surface area contributed by atoms with Gasteiger partial charge in [-0.05, 0) is 31.5 Å². The smallest absolute Gasteiger partial charge is 0.427 e. The van der Waals surface area contributed by atoms with Crippen molar-refractivity contribution in [3.8, 4) is 5.75 Å². The van der Waals surface area contributed by atoms with E-state index >= 15 is 0 Å². The number of alkyl halides is 3. The molecule has 0 radical (unpaired) electrons. The van der Waals surface area contributed by atoms with Crippen molar-refractivity contribution in [2.24, 2.45) is 0 Å². The highest BCUT2D eigenvalue weighted by atomic mass is 19.4. The Balaban J connectivity index is 1.99. The number of nitrogens with zero attached hydrogens (tertiary/aromatic N) is 2. The van der Waals surface area contributed by atoms with Crippen LogP contribution in [0.5, 0.6) is 5.75 Å². The van der Waals surface area contributed by atoms with Gasteiger partial charge in [0.1, 0.15) is 5.75 Å². The monoisotopic (exact) mass is 330 g/mol. The van der Waals surface area contributed by atoms with Gasteiger partial charge in [0.15, 0.2) is 0 Å². The van der Waals surface area contributed by atoms with Crippen molar-refractivity contribution < 1.29 is 22.6 Å². The van der Waals surface area contributed by atoms with Crippen LogP contribution in [0, 0.1) is 0 Å². The lowest BCUT2D eigenvalue weighted by atomic mass is 10.0. The number of halogens is 3. The van der Waals surface area contributed by atoms with E-state index in [9.17, 15) is 13.2 Å². The van der Waals surface area contributed by atoms with Gasteiger partial charge in [-0.25, -0.2) is 0 Å². The van der Waals surface area contributed by atoms with Crippen LogP contribution in [-0.2, 0) is 4.65 Å². The second-order valence-electron chi connectivity index (χ2n) is 5.87. The number of benzene rings is 1. The summed E-state index contributed by atoms with van der Waals surface area (Å²) >= 11 is 0. The summed E-state index contributed by atoms with van der Waals surface area (Å²) in [5.41, 5.74) is 0.978. The molecule has 2 atom stereocenters. The molecule has 1 saturated heterocycles. The summed E-state index contributed by atoms with van der Waals surface area (Å²) in [4.78, 5) is 4.60. The first kappa shape index (κ1) is 18.1. The predicted octanol–water partition coefficient (Wildman–Crippen LogP) is 2.57. The van der Waals surface area contributed by atoms with Gasteiger partial charge in [0, 0.05) is 38.8 Å². The Morgan fingerprint density at radius 1 is 1.22 bits per heavy atom. The van der Waals surface area contributed by atoms with Crippen LogP contribution in [-0.4, -0.2) is 56.5 Å². The van der Waals surface area contributed by atoms with Crippen molar-refractivity contribution in [2.75, 3.05) is 26.7 Å². The van der Waals surface area contributed by atoms with Crippen molar-refractivity contribution in [1.29, 1.82) is 0 Å². The van der Waals surface area contributed by atoms with E-state index in [0.29, 0.717) is 13.7 Å². The highest BCUT2D eigenvalue weighted by Crippen LogP contribution is 2.28. The molecule has 23 heavy (non-hydrogen) atoms. The van der Waals surface area contributed by atoms with Gasteiger partial charge < -0.3 is 14.2 Å². The highest BCUT2D eigenvalue weighted by Gasteiger charge is 2.31. The van der Waals surface area contributed by atoms with Crippen molar-refractivity contribution in [1.82, 2.24) is 9.71 Å². The molecule has 0 spiro atoms. The van der Waals surface area contributed by atoms with E-state index in [1.54, 1.807) is 19.2 Å². The Labute approximate surface area is 135 Å². The Kier molecular flexibility index (Phi) is 5.94. The fourth-order valence-corrected chi connectivity index (χ4v) is 3.06. The minimum atomic E-state index is -4.65. The van der Waals surface area contributed by atoms with Gasteiger partial charge in [-0.15, -0.1) is 13.2 Å². The molecule has 1 aromatic carbocycles. The van der Waals surface area contributed by atoms with Gasteiger partial charge in [0.05, 0.1) is 0 Å². The molecule has 0 saturated carbocycles. The zero-order valence-electron chi connectivity index (χ0n) is 13.6. The van der Waals surface area contributed by atoms with Crippen molar-refractivity contribution in [3.63, 3.8) is 0 Å². The maximum atomic E-state index is 12.2. The maximum absolute atomic E-state index is 12.2. The van der Waals surface area contributed by atoms with Crippen LogP contribution in [0.1, 0.15) is 25.5 Å². The van der Waals surface area contributed by atoms with Crippen molar-refractivity contribution in [2.45, 2.75) is 32.3 Å². The topological polar surface area (TPSA) is 24.9 Å². The molecule has 0 amide bonds.